The highest BCUT2D eigenvalue weighted by Crippen LogP contribution is 2.41. The lowest BCUT2D eigenvalue weighted by Crippen LogP contribution is -2.27. The number of rotatable bonds is 6. The van der Waals surface area contributed by atoms with Crippen LogP contribution in [0.15, 0.2) is 53.8 Å². The van der Waals surface area contributed by atoms with E-state index in [4.69, 9.17) is 0 Å². The number of ether oxygens (including phenoxy) is 1. The zero-order valence-corrected chi connectivity index (χ0v) is 18.5. The maximum atomic E-state index is 4.25. The third kappa shape index (κ3) is 5.36. The van der Waals surface area contributed by atoms with Gasteiger partial charge in [-0.3, -0.25) is 0 Å². The summed E-state index contributed by atoms with van der Waals surface area (Å²) in [7, 11) is 5.30. The Labute approximate surface area is 172 Å². The molecule has 154 valence electrons. The van der Waals surface area contributed by atoms with E-state index in [9.17, 15) is 0 Å². The van der Waals surface area contributed by atoms with Crippen LogP contribution in [0.25, 0.3) is 5.57 Å². The lowest BCUT2D eigenvalue weighted by atomic mass is 9.83. The average molecular weight is 383 g/mol. The van der Waals surface area contributed by atoms with Crippen molar-refractivity contribution >= 4 is 5.57 Å². The quantitative estimate of drug-likeness (QED) is 0.702. The number of benzene rings is 1. The van der Waals surface area contributed by atoms with Crippen molar-refractivity contribution in [1.82, 2.24) is 10.6 Å². The highest BCUT2D eigenvalue weighted by atomic mass is 16.4. The predicted octanol–water partition coefficient (Wildman–Crippen LogP) is 5.28. The number of allylic oxidation sites excluding steroid dienone is 5. The molecular formula is C25H38N2O. The first-order chi connectivity index (χ1) is 13.6. The molecule has 1 aromatic carbocycles. The van der Waals surface area contributed by atoms with Crippen molar-refractivity contribution in [3.63, 3.8) is 0 Å². The molecule has 1 aliphatic carbocycles. The Balaban J connectivity index is 0.000000878. The Hall–Kier alpha value is -1.84. The minimum Gasteiger partial charge on any atom is -0.388 e. The molecule has 1 fully saturated rings. The van der Waals surface area contributed by atoms with E-state index in [1.165, 1.54) is 28.8 Å². The van der Waals surface area contributed by atoms with Crippen LogP contribution in [0, 0.1) is 5.92 Å². The van der Waals surface area contributed by atoms with E-state index in [2.05, 4.69) is 85.7 Å². The van der Waals surface area contributed by atoms with Gasteiger partial charge in [0.25, 0.3) is 0 Å². The fraction of sp³-hybridized carbons (Fsp3) is 0.520. The van der Waals surface area contributed by atoms with Crippen LogP contribution in [-0.2, 0) is 4.74 Å². The van der Waals surface area contributed by atoms with Crippen LogP contribution in [0.5, 0.6) is 0 Å². The smallest absolute Gasteiger partial charge is 0.0381 e. The Bertz CT molecular complexity index is 715. The summed E-state index contributed by atoms with van der Waals surface area (Å²) >= 11 is 0. The number of hydrogen-bond donors (Lipinski definition) is 2. The zero-order chi connectivity index (χ0) is 20.5. The SMILES string of the molecule is CCC1NC2=CC=CCC(c3cccc(C(C)C)c3)=C2C1CCNC.COC. The fourth-order valence-corrected chi connectivity index (χ4v) is 4.15. The second-order valence-corrected chi connectivity index (χ2v) is 7.95. The Morgan fingerprint density at radius 2 is 2.00 bits per heavy atom. The monoisotopic (exact) mass is 382 g/mol. The van der Waals surface area contributed by atoms with Gasteiger partial charge in [0, 0.05) is 31.9 Å². The van der Waals surface area contributed by atoms with Gasteiger partial charge in [-0.2, -0.15) is 0 Å². The summed E-state index contributed by atoms with van der Waals surface area (Å²) in [4.78, 5) is 0. The van der Waals surface area contributed by atoms with Gasteiger partial charge in [0.05, 0.1) is 0 Å². The van der Waals surface area contributed by atoms with Crippen molar-refractivity contribution in [1.29, 1.82) is 0 Å². The maximum absolute atomic E-state index is 4.25. The molecule has 3 rings (SSSR count). The summed E-state index contributed by atoms with van der Waals surface area (Å²) in [6.45, 7) is 7.90. The molecule has 0 radical (unpaired) electrons. The van der Waals surface area contributed by atoms with Crippen molar-refractivity contribution < 1.29 is 4.74 Å². The molecule has 0 bridgehead atoms. The average Bonchev–Trinajstić information content (AvgIpc) is 2.90. The summed E-state index contributed by atoms with van der Waals surface area (Å²) in [5, 5.41) is 7.15. The largest absolute Gasteiger partial charge is 0.388 e. The van der Waals surface area contributed by atoms with E-state index in [1.54, 1.807) is 19.8 Å². The summed E-state index contributed by atoms with van der Waals surface area (Å²) in [5.41, 5.74) is 7.22. The van der Waals surface area contributed by atoms with Crippen molar-refractivity contribution in [2.45, 2.75) is 52.0 Å². The summed E-state index contributed by atoms with van der Waals surface area (Å²) in [6.07, 6.45) is 10.2. The summed E-state index contributed by atoms with van der Waals surface area (Å²) in [6, 6.07) is 9.71. The van der Waals surface area contributed by atoms with Crippen molar-refractivity contribution in [2.75, 3.05) is 27.8 Å². The number of nitrogens with one attached hydrogen (secondary N) is 2. The molecule has 28 heavy (non-hydrogen) atoms. The lowest BCUT2D eigenvalue weighted by Gasteiger charge is -2.21. The van der Waals surface area contributed by atoms with Crippen LogP contribution in [0.1, 0.15) is 57.1 Å². The normalized spacial score (nSPS) is 20.9. The Morgan fingerprint density at radius 3 is 2.64 bits per heavy atom. The van der Waals surface area contributed by atoms with Crippen LogP contribution in [0.2, 0.25) is 0 Å². The minimum atomic E-state index is 0.546. The molecule has 2 unspecified atom stereocenters. The Kier molecular flexibility index (Phi) is 9.01. The summed E-state index contributed by atoms with van der Waals surface area (Å²) in [5.74, 6) is 1.15. The van der Waals surface area contributed by atoms with Gasteiger partial charge in [0.1, 0.15) is 0 Å². The van der Waals surface area contributed by atoms with Crippen LogP contribution >= 0.6 is 0 Å². The Morgan fingerprint density at radius 1 is 1.25 bits per heavy atom. The standard InChI is InChI=1S/C23H32N2.C2H6O/c1-5-21-20(13-14-24-4)23-19(11-6-7-12-22(23)25-21)18-10-8-9-17(15-18)16(2)3;1-3-2/h6-10,12,15-16,20-21,24-25H,5,11,13-14H2,1-4H3;1-2H3. The molecule has 3 heteroatoms. The molecule has 2 N–H and O–H groups in total. The highest BCUT2D eigenvalue weighted by molar-refractivity contribution is 5.76. The molecule has 0 spiro atoms. The van der Waals surface area contributed by atoms with Gasteiger partial charge in [-0.15, -0.1) is 0 Å². The van der Waals surface area contributed by atoms with E-state index in [-0.39, 0.29) is 0 Å². The second-order valence-electron chi connectivity index (χ2n) is 7.95. The molecule has 0 saturated carbocycles. The van der Waals surface area contributed by atoms with E-state index in [0.29, 0.717) is 17.9 Å². The number of methoxy groups -OCH3 is 1. The molecule has 1 aromatic rings. The molecule has 0 amide bonds. The van der Waals surface area contributed by atoms with Crippen LogP contribution in [0.4, 0.5) is 0 Å². The van der Waals surface area contributed by atoms with Gasteiger partial charge in [0.2, 0.25) is 0 Å². The molecule has 1 aliphatic heterocycles. The van der Waals surface area contributed by atoms with E-state index < -0.39 is 0 Å². The number of hydrogen-bond acceptors (Lipinski definition) is 3. The van der Waals surface area contributed by atoms with Crippen LogP contribution in [-0.4, -0.2) is 33.9 Å². The topological polar surface area (TPSA) is 33.3 Å². The van der Waals surface area contributed by atoms with Gasteiger partial charge in [-0.25, -0.2) is 0 Å². The third-order valence-electron chi connectivity index (χ3n) is 5.58. The van der Waals surface area contributed by atoms with Gasteiger partial charge in [-0.1, -0.05) is 57.2 Å². The molecule has 0 aromatic heterocycles. The highest BCUT2D eigenvalue weighted by Gasteiger charge is 2.35. The molecule has 1 heterocycles. The van der Waals surface area contributed by atoms with E-state index in [0.717, 1.165) is 19.4 Å². The van der Waals surface area contributed by atoms with Crippen molar-refractivity contribution in [3.05, 3.63) is 64.9 Å². The first kappa shape index (κ1) is 22.4. The van der Waals surface area contributed by atoms with Gasteiger partial charge >= 0.3 is 0 Å². The zero-order valence-electron chi connectivity index (χ0n) is 18.5. The van der Waals surface area contributed by atoms with Gasteiger partial charge in [0.15, 0.2) is 0 Å². The van der Waals surface area contributed by atoms with E-state index >= 15 is 0 Å². The first-order valence-electron chi connectivity index (χ1n) is 10.6. The van der Waals surface area contributed by atoms with Gasteiger partial charge in [-0.05, 0) is 67.1 Å². The van der Waals surface area contributed by atoms with Crippen LogP contribution in [0.3, 0.4) is 0 Å². The second kappa shape index (κ2) is 11.2. The van der Waals surface area contributed by atoms with E-state index in [1.807, 2.05) is 0 Å². The molecule has 2 atom stereocenters. The maximum Gasteiger partial charge on any atom is 0.0381 e. The molecule has 2 aliphatic rings. The van der Waals surface area contributed by atoms with Crippen molar-refractivity contribution in [2.24, 2.45) is 5.92 Å². The van der Waals surface area contributed by atoms with Crippen LogP contribution < -0.4 is 10.6 Å². The predicted molar refractivity (Wildman–Crippen MR) is 121 cm³/mol. The van der Waals surface area contributed by atoms with Crippen molar-refractivity contribution in [3.8, 4) is 0 Å². The fourth-order valence-electron chi connectivity index (χ4n) is 4.15. The van der Waals surface area contributed by atoms with Gasteiger partial charge < -0.3 is 15.4 Å². The molecule has 3 nitrogen and oxygen atoms in total. The number of fused-ring (bicyclic) bond motifs is 1. The summed E-state index contributed by atoms with van der Waals surface area (Å²) < 4.78 is 4.25. The molecule has 1 saturated heterocycles. The molecular weight excluding hydrogens is 344 g/mol. The lowest BCUT2D eigenvalue weighted by molar-refractivity contribution is 0.277. The third-order valence-corrected chi connectivity index (χ3v) is 5.58. The minimum absolute atomic E-state index is 0.546. The first-order valence-corrected chi connectivity index (χ1v) is 10.6.